The van der Waals surface area contributed by atoms with Crippen molar-refractivity contribution in [3.05, 3.63) is 134 Å². The number of hydrogen-bond acceptors (Lipinski definition) is 6. The molecular weight excluding hydrogens is 768 g/mol. The normalized spacial score (nSPS) is 13.2. The van der Waals surface area contributed by atoms with Crippen LogP contribution in [0.15, 0.2) is 124 Å². The van der Waals surface area contributed by atoms with E-state index in [1.807, 2.05) is 96.6 Å². The molecule has 0 spiro atoms. The van der Waals surface area contributed by atoms with E-state index in [9.17, 15) is 0 Å². The standard InChI is InChI=1S/C39H23N4O3.Pt/c1-41-18-19-42(23-41)24-20-29-38-34(16-15-33-37(38)28-9-3-5-11-32(28)45-33)46-39(29)35(21-24)44-25-13-14-27-26-8-2-4-10-30(26)43(31(27)22-25)36-12-6-7-17-40-36;/h2-20,23H,1H3;/q-3;. The summed E-state index contributed by atoms with van der Waals surface area (Å²) in [6.07, 6.45) is 5.79. The Kier molecular flexibility index (Phi) is 6.21. The summed E-state index contributed by atoms with van der Waals surface area (Å²) < 4.78 is 21.6. The molecule has 0 radical (unpaired) electrons. The van der Waals surface area contributed by atoms with Crippen molar-refractivity contribution < 1.29 is 34.6 Å². The third-order valence-corrected chi connectivity index (χ3v) is 8.65. The van der Waals surface area contributed by atoms with Crippen molar-refractivity contribution in [1.82, 2.24) is 14.5 Å². The van der Waals surface area contributed by atoms with Gasteiger partial charge in [0.15, 0.2) is 0 Å². The van der Waals surface area contributed by atoms with E-state index in [0.29, 0.717) is 17.1 Å². The maximum Gasteiger partial charge on any atom is 0.136 e. The van der Waals surface area contributed by atoms with Gasteiger partial charge < -0.3 is 27.9 Å². The van der Waals surface area contributed by atoms with Crippen LogP contribution in [0.1, 0.15) is 0 Å². The van der Waals surface area contributed by atoms with Gasteiger partial charge in [-0.2, -0.15) is 12.7 Å². The summed E-state index contributed by atoms with van der Waals surface area (Å²) in [5, 5.41) is 6.13. The van der Waals surface area contributed by atoms with Crippen molar-refractivity contribution >= 4 is 71.4 Å². The van der Waals surface area contributed by atoms with Gasteiger partial charge in [-0.3, -0.25) is 0 Å². The van der Waals surface area contributed by atoms with E-state index >= 15 is 0 Å². The van der Waals surface area contributed by atoms with Crippen LogP contribution in [0.25, 0.3) is 71.5 Å². The van der Waals surface area contributed by atoms with Crippen LogP contribution in [0, 0.1) is 18.8 Å². The molecule has 0 saturated heterocycles. The second-order valence-electron chi connectivity index (χ2n) is 11.5. The third-order valence-electron chi connectivity index (χ3n) is 8.65. The average Bonchev–Trinajstić information content (AvgIpc) is 3.86. The zero-order valence-corrected chi connectivity index (χ0v) is 27.1. The zero-order valence-electron chi connectivity index (χ0n) is 24.9. The second kappa shape index (κ2) is 10.5. The molecule has 230 valence electrons. The van der Waals surface area contributed by atoms with Crippen LogP contribution in [0.5, 0.6) is 11.5 Å². The fourth-order valence-corrected chi connectivity index (χ4v) is 6.65. The maximum atomic E-state index is 6.68. The van der Waals surface area contributed by atoms with Crippen LogP contribution in [0.2, 0.25) is 0 Å². The molecule has 0 atom stereocenters. The summed E-state index contributed by atoms with van der Waals surface area (Å²) in [6, 6.07) is 39.4. The number of fused-ring (bicyclic) bond motifs is 10. The number of furan rings is 2. The SMILES string of the molecule is CN1C=CN(c2[c-]c(Oc3[c-]c4c(cc3)c3ccccc3n4-c3ccccn3)c3oc4ccc5oc6ccccc6c5c4c3c2)[CH-]1.[Pt]. The molecule has 0 fully saturated rings. The summed E-state index contributed by atoms with van der Waals surface area (Å²) in [5.74, 6) is 1.82. The Labute approximate surface area is 283 Å². The number of anilines is 1. The fourth-order valence-electron chi connectivity index (χ4n) is 6.65. The van der Waals surface area contributed by atoms with Crippen molar-refractivity contribution in [2.24, 2.45) is 0 Å². The number of pyridine rings is 1. The Morgan fingerprint density at radius 3 is 2.34 bits per heavy atom. The molecule has 0 N–H and O–H groups in total. The van der Waals surface area contributed by atoms with E-state index in [1.165, 1.54) is 0 Å². The van der Waals surface area contributed by atoms with E-state index in [4.69, 9.17) is 13.6 Å². The van der Waals surface area contributed by atoms with Gasteiger partial charge in [-0.05, 0) is 61.2 Å². The van der Waals surface area contributed by atoms with E-state index < -0.39 is 0 Å². The Bertz CT molecular complexity index is 2690. The van der Waals surface area contributed by atoms with Gasteiger partial charge in [0, 0.05) is 54.7 Å². The molecule has 0 aliphatic carbocycles. The van der Waals surface area contributed by atoms with Crippen LogP contribution in [-0.2, 0) is 21.1 Å². The van der Waals surface area contributed by atoms with Crippen molar-refractivity contribution in [3.8, 4) is 17.3 Å². The van der Waals surface area contributed by atoms with Gasteiger partial charge in [-0.15, -0.1) is 35.3 Å². The number of hydrogen-bond donors (Lipinski definition) is 0. The molecule has 0 bridgehead atoms. The molecular formula is C39H23N4O3Pt-3. The van der Waals surface area contributed by atoms with Gasteiger partial charge in [0.05, 0.1) is 11.3 Å². The van der Waals surface area contributed by atoms with Crippen LogP contribution in [0.4, 0.5) is 5.69 Å². The van der Waals surface area contributed by atoms with Crippen molar-refractivity contribution in [2.45, 2.75) is 0 Å². The summed E-state index contributed by atoms with van der Waals surface area (Å²) in [5.41, 5.74) is 5.74. The van der Waals surface area contributed by atoms with Crippen molar-refractivity contribution in [2.75, 3.05) is 11.9 Å². The number of aromatic nitrogens is 2. The first-order valence-corrected chi connectivity index (χ1v) is 15.0. The number of ether oxygens (including phenoxy) is 1. The molecule has 7 nitrogen and oxygen atoms in total. The predicted octanol–water partition coefficient (Wildman–Crippen LogP) is 9.71. The van der Waals surface area contributed by atoms with Gasteiger partial charge in [0.25, 0.3) is 0 Å². The fraction of sp³-hybridized carbons (Fsp3) is 0.0256. The van der Waals surface area contributed by atoms with Crippen LogP contribution >= 0.6 is 0 Å². The Hall–Kier alpha value is -5.52. The van der Waals surface area contributed by atoms with Crippen LogP contribution in [-0.4, -0.2) is 21.5 Å². The Balaban J connectivity index is 0.00000302. The quantitative estimate of drug-likeness (QED) is 0.166. The minimum absolute atomic E-state index is 0. The Morgan fingerprint density at radius 2 is 1.51 bits per heavy atom. The van der Waals surface area contributed by atoms with Crippen molar-refractivity contribution in [1.29, 1.82) is 0 Å². The first-order chi connectivity index (χ1) is 22.7. The van der Waals surface area contributed by atoms with E-state index in [0.717, 1.165) is 71.6 Å². The first kappa shape index (κ1) is 27.8. The molecule has 0 saturated carbocycles. The molecule has 4 aromatic heterocycles. The van der Waals surface area contributed by atoms with Gasteiger partial charge in [0.2, 0.25) is 0 Å². The topological polar surface area (TPSA) is 59.8 Å². The summed E-state index contributed by atoms with van der Waals surface area (Å²) in [6.45, 7) is 2.00. The summed E-state index contributed by atoms with van der Waals surface area (Å²) >= 11 is 0. The van der Waals surface area contributed by atoms with Crippen LogP contribution in [0.3, 0.4) is 0 Å². The number of rotatable bonds is 4. The van der Waals surface area contributed by atoms with Crippen molar-refractivity contribution in [3.63, 3.8) is 0 Å². The molecule has 47 heavy (non-hydrogen) atoms. The Morgan fingerprint density at radius 1 is 0.723 bits per heavy atom. The minimum Gasteiger partial charge on any atom is -0.512 e. The van der Waals surface area contributed by atoms with Gasteiger partial charge >= 0.3 is 0 Å². The maximum absolute atomic E-state index is 6.68. The summed E-state index contributed by atoms with van der Waals surface area (Å²) in [4.78, 5) is 8.67. The zero-order chi connectivity index (χ0) is 30.4. The smallest absolute Gasteiger partial charge is 0.136 e. The molecule has 0 amide bonds. The second-order valence-corrected chi connectivity index (χ2v) is 11.5. The molecule has 10 rings (SSSR count). The molecule has 9 aromatic rings. The molecule has 0 unspecified atom stereocenters. The molecule has 1 aliphatic heterocycles. The largest absolute Gasteiger partial charge is 0.512 e. The average molecular weight is 791 g/mol. The van der Waals surface area contributed by atoms with Gasteiger partial charge in [0.1, 0.15) is 22.6 Å². The monoisotopic (exact) mass is 790 g/mol. The third kappa shape index (κ3) is 4.20. The van der Waals surface area contributed by atoms with Gasteiger partial charge in [-0.25, -0.2) is 4.98 Å². The number of benzene rings is 5. The molecule has 5 heterocycles. The molecule has 1 aliphatic rings. The minimum atomic E-state index is 0. The number of nitrogens with zero attached hydrogens (tertiary/aromatic N) is 4. The first-order valence-electron chi connectivity index (χ1n) is 15.0. The molecule has 5 aromatic carbocycles. The molecule has 8 heteroatoms. The van der Waals surface area contributed by atoms with E-state index in [-0.39, 0.29) is 21.1 Å². The van der Waals surface area contributed by atoms with E-state index in [1.54, 1.807) is 6.20 Å². The predicted molar refractivity (Wildman–Crippen MR) is 181 cm³/mol. The van der Waals surface area contributed by atoms with Crippen LogP contribution < -0.4 is 9.64 Å². The van der Waals surface area contributed by atoms with E-state index in [2.05, 4.69) is 58.1 Å². The van der Waals surface area contributed by atoms with Gasteiger partial charge in [-0.1, -0.05) is 53.4 Å². The summed E-state index contributed by atoms with van der Waals surface area (Å²) in [7, 11) is 1.99. The number of para-hydroxylation sites is 2.